The molecule has 78 valence electrons. The Bertz CT molecular complexity index is 367. The Kier molecular flexibility index (Phi) is 2.69. The Labute approximate surface area is 87.8 Å². The van der Waals surface area contributed by atoms with Crippen LogP contribution in [0, 0.1) is 0 Å². The molecule has 1 aromatic carbocycles. The normalized spacial score (nSPS) is 17.3. The molecule has 1 aromatic rings. The third-order valence-corrected chi connectivity index (χ3v) is 2.32. The number of aliphatic carboxylic acids is 1. The van der Waals surface area contributed by atoms with Crippen LogP contribution in [0.15, 0.2) is 42.6 Å². The minimum Gasteiger partial charge on any atom is -0.480 e. The van der Waals surface area contributed by atoms with Crippen LogP contribution in [0.4, 0.5) is 0 Å². The van der Waals surface area contributed by atoms with Gasteiger partial charge in [-0.2, -0.15) is 0 Å². The lowest BCUT2D eigenvalue weighted by molar-refractivity contribution is -0.144. The summed E-state index contributed by atoms with van der Waals surface area (Å²) in [5.74, 6) is -0.850. The number of nitrogens with one attached hydrogen (secondary N) is 1. The van der Waals surface area contributed by atoms with Gasteiger partial charge in [0, 0.05) is 12.7 Å². The molecule has 1 unspecified atom stereocenters. The van der Waals surface area contributed by atoms with Gasteiger partial charge in [0.25, 0.3) is 0 Å². The molecule has 4 heteroatoms. The zero-order chi connectivity index (χ0) is 10.7. The molecule has 0 amide bonds. The van der Waals surface area contributed by atoms with Crippen LogP contribution < -0.4 is 5.43 Å². The van der Waals surface area contributed by atoms with Crippen LogP contribution in [0.2, 0.25) is 0 Å². The van der Waals surface area contributed by atoms with Crippen molar-refractivity contribution in [2.45, 2.75) is 6.04 Å². The molecule has 0 bridgehead atoms. The average molecular weight is 204 g/mol. The van der Waals surface area contributed by atoms with Crippen LogP contribution in [-0.4, -0.2) is 22.6 Å². The molecule has 2 rings (SSSR count). The summed E-state index contributed by atoms with van der Waals surface area (Å²) in [6.07, 6.45) is 3.64. The number of hydrogen-bond donors (Lipinski definition) is 2. The van der Waals surface area contributed by atoms with E-state index in [1.54, 1.807) is 11.2 Å². The summed E-state index contributed by atoms with van der Waals surface area (Å²) in [7, 11) is 0. The Morgan fingerprint density at radius 3 is 2.67 bits per heavy atom. The van der Waals surface area contributed by atoms with Crippen molar-refractivity contribution in [3.05, 3.63) is 48.2 Å². The van der Waals surface area contributed by atoms with Crippen LogP contribution in [0.3, 0.4) is 0 Å². The van der Waals surface area contributed by atoms with Gasteiger partial charge in [0.1, 0.15) is 0 Å². The van der Waals surface area contributed by atoms with Gasteiger partial charge in [-0.1, -0.05) is 36.4 Å². The number of carboxylic acid groups (broad SMARTS) is 1. The fraction of sp³-hybridized carbons (Fsp3) is 0.182. The first-order chi connectivity index (χ1) is 7.29. The van der Waals surface area contributed by atoms with Crippen LogP contribution in [0.1, 0.15) is 11.6 Å². The van der Waals surface area contributed by atoms with Gasteiger partial charge in [0.2, 0.25) is 0 Å². The molecule has 1 heterocycles. The van der Waals surface area contributed by atoms with Gasteiger partial charge in [-0.25, -0.2) is 5.01 Å². The Morgan fingerprint density at radius 1 is 1.40 bits per heavy atom. The van der Waals surface area contributed by atoms with E-state index in [0.717, 1.165) is 5.56 Å². The Hall–Kier alpha value is -1.81. The van der Waals surface area contributed by atoms with Gasteiger partial charge < -0.3 is 10.5 Å². The number of hydrogen-bond acceptors (Lipinski definition) is 3. The van der Waals surface area contributed by atoms with Crippen molar-refractivity contribution in [1.29, 1.82) is 0 Å². The predicted molar refractivity (Wildman–Crippen MR) is 55.8 cm³/mol. The summed E-state index contributed by atoms with van der Waals surface area (Å²) in [4.78, 5) is 11.2. The summed E-state index contributed by atoms with van der Waals surface area (Å²) >= 11 is 0. The van der Waals surface area contributed by atoms with E-state index in [2.05, 4.69) is 5.43 Å². The highest BCUT2D eigenvalue weighted by Gasteiger charge is 2.27. The number of rotatable bonds is 3. The largest absolute Gasteiger partial charge is 0.480 e. The molecule has 1 aliphatic heterocycles. The fourth-order valence-corrected chi connectivity index (χ4v) is 1.64. The molecule has 0 aromatic heterocycles. The van der Waals surface area contributed by atoms with E-state index >= 15 is 0 Å². The molecule has 1 atom stereocenters. The quantitative estimate of drug-likeness (QED) is 0.775. The van der Waals surface area contributed by atoms with E-state index in [4.69, 9.17) is 0 Å². The monoisotopic (exact) mass is 204 g/mol. The van der Waals surface area contributed by atoms with Gasteiger partial charge >= 0.3 is 5.97 Å². The van der Waals surface area contributed by atoms with Crippen LogP contribution in [0.5, 0.6) is 0 Å². The average Bonchev–Trinajstić information content (AvgIpc) is 2.72. The molecule has 0 saturated heterocycles. The fourth-order valence-electron chi connectivity index (χ4n) is 1.64. The lowest BCUT2D eigenvalue weighted by Gasteiger charge is -2.24. The first-order valence-electron chi connectivity index (χ1n) is 4.74. The molecule has 0 fully saturated rings. The van der Waals surface area contributed by atoms with Gasteiger partial charge in [-0.05, 0) is 5.56 Å². The van der Waals surface area contributed by atoms with Crippen molar-refractivity contribution in [3.8, 4) is 0 Å². The zero-order valence-electron chi connectivity index (χ0n) is 8.13. The summed E-state index contributed by atoms with van der Waals surface area (Å²) in [5.41, 5.74) is 3.69. The molecule has 0 spiro atoms. The highest BCUT2D eigenvalue weighted by atomic mass is 16.4. The zero-order valence-corrected chi connectivity index (χ0v) is 8.13. The van der Waals surface area contributed by atoms with Crippen molar-refractivity contribution in [3.63, 3.8) is 0 Å². The second-order valence-corrected chi connectivity index (χ2v) is 3.34. The Morgan fingerprint density at radius 2 is 2.13 bits per heavy atom. The molecule has 0 radical (unpaired) electrons. The van der Waals surface area contributed by atoms with E-state index in [1.807, 2.05) is 36.4 Å². The maximum atomic E-state index is 11.2. The highest BCUT2D eigenvalue weighted by molar-refractivity contribution is 5.75. The third-order valence-electron chi connectivity index (χ3n) is 2.32. The van der Waals surface area contributed by atoms with Gasteiger partial charge in [0.15, 0.2) is 6.04 Å². The lowest BCUT2D eigenvalue weighted by Crippen LogP contribution is -2.38. The maximum absolute atomic E-state index is 11.2. The molecular formula is C11H12N2O2. The van der Waals surface area contributed by atoms with Crippen LogP contribution >= 0.6 is 0 Å². The standard InChI is InChI=1S/C11H12N2O2/c14-11(15)10(13-8-4-7-12-13)9-5-2-1-3-6-9/h1-7,10,12H,8H2,(H,14,15). The van der Waals surface area contributed by atoms with E-state index < -0.39 is 12.0 Å². The highest BCUT2D eigenvalue weighted by Crippen LogP contribution is 2.20. The smallest absolute Gasteiger partial charge is 0.327 e. The number of carboxylic acids is 1. The number of nitrogens with zero attached hydrogens (tertiary/aromatic N) is 1. The van der Waals surface area contributed by atoms with E-state index in [0.29, 0.717) is 6.54 Å². The molecule has 2 N–H and O–H groups in total. The summed E-state index contributed by atoms with van der Waals surface area (Å²) in [5, 5.41) is 10.9. The molecule has 4 nitrogen and oxygen atoms in total. The Balaban J connectivity index is 2.24. The topological polar surface area (TPSA) is 52.6 Å². The van der Waals surface area contributed by atoms with Crippen LogP contribution in [-0.2, 0) is 4.79 Å². The third kappa shape index (κ3) is 1.99. The lowest BCUT2D eigenvalue weighted by atomic mass is 10.1. The van der Waals surface area contributed by atoms with Crippen molar-refractivity contribution in [2.75, 3.05) is 6.54 Å². The summed E-state index contributed by atoms with van der Waals surface area (Å²) < 4.78 is 0. The SMILES string of the molecule is O=C(O)C(c1ccccc1)N1CC=CN1. The van der Waals surface area contributed by atoms with Crippen molar-refractivity contribution < 1.29 is 9.90 Å². The minimum absolute atomic E-state index is 0.603. The van der Waals surface area contributed by atoms with Gasteiger partial charge in [-0.15, -0.1) is 0 Å². The van der Waals surface area contributed by atoms with Crippen molar-refractivity contribution in [1.82, 2.24) is 10.4 Å². The second-order valence-electron chi connectivity index (χ2n) is 3.34. The molecule has 15 heavy (non-hydrogen) atoms. The van der Waals surface area contributed by atoms with E-state index in [-0.39, 0.29) is 0 Å². The first kappa shape index (κ1) is 9.73. The second kappa shape index (κ2) is 4.14. The number of benzene rings is 1. The summed E-state index contributed by atoms with van der Waals surface area (Å²) in [6, 6.07) is 8.56. The maximum Gasteiger partial charge on any atom is 0.327 e. The van der Waals surface area contributed by atoms with Crippen molar-refractivity contribution >= 4 is 5.97 Å². The van der Waals surface area contributed by atoms with E-state index in [9.17, 15) is 9.90 Å². The van der Waals surface area contributed by atoms with E-state index in [1.165, 1.54) is 0 Å². The van der Waals surface area contributed by atoms with Crippen molar-refractivity contribution in [2.24, 2.45) is 0 Å². The number of hydrazine groups is 1. The molecule has 1 aliphatic rings. The first-order valence-corrected chi connectivity index (χ1v) is 4.74. The number of carbonyl (C=O) groups is 1. The van der Waals surface area contributed by atoms with Crippen LogP contribution in [0.25, 0.3) is 0 Å². The van der Waals surface area contributed by atoms with Gasteiger partial charge in [0.05, 0.1) is 0 Å². The predicted octanol–water partition coefficient (Wildman–Crippen LogP) is 1.15. The molecular weight excluding hydrogens is 192 g/mol. The summed E-state index contributed by atoms with van der Waals surface area (Å²) in [6.45, 7) is 0.603. The van der Waals surface area contributed by atoms with Gasteiger partial charge in [-0.3, -0.25) is 4.79 Å². The minimum atomic E-state index is -0.850. The molecule has 0 aliphatic carbocycles. The molecule has 0 saturated carbocycles.